The van der Waals surface area contributed by atoms with Crippen LogP contribution in [0.5, 0.6) is 0 Å². The van der Waals surface area contributed by atoms with Crippen molar-refractivity contribution in [1.29, 1.82) is 0 Å². The third kappa shape index (κ3) is 9.68. The molecular weight excluding hydrogens is 565 g/mol. The largest absolute Gasteiger partial charge is 0.469 e. The van der Waals surface area contributed by atoms with E-state index in [4.69, 9.17) is 23.7 Å². The summed E-state index contributed by atoms with van der Waals surface area (Å²) in [4.78, 5) is 59.3. The molecule has 0 atom stereocenters. The summed E-state index contributed by atoms with van der Waals surface area (Å²) in [6, 6.07) is 0. The van der Waals surface area contributed by atoms with E-state index >= 15 is 0 Å². The molecule has 0 N–H and O–H groups in total. The Morgan fingerprint density at radius 3 is 1.88 bits per heavy atom. The van der Waals surface area contributed by atoms with Crippen LogP contribution in [0.4, 0.5) is 13.2 Å². The summed E-state index contributed by atoms with van der Waals surface area (Å²) in [7, 11) is 0. The average molecular weight is 594 g/mol. The van der Waals surface area contributed by atoms with Crippen molar-refractivity contribution in [3.63, 3.8) is 0 Å². The second kappa shape index (κ2) is 13.3. The third-order valence-electron chi connectivity index (χ3n) is 5.04. The molecule has 0 aromatic heterocycles. The van der Waals surface area contributed by atoms with E-state index in [1.807, 2.05) is 0 Å². The van der Waals surface area contributed by atoms with Gasteiger partial charge in [-0.05, 0) is 13.8 Å². The van der Waals surface area contributed by atoms with Gasteiger partial charge in [0, 0.05) is 39.3 Å². The number of rotatable bonds is 7. The number of esters is 2. The predicted molar refractivity (Wildman–Crippen MR) is 126 cm³/mol. The van der Waals surface area contributed by atoms with Gasteiger partial charge in [-0.1, -0.05) is 0 Å². The van der Waals surface area contributed by atoms with Gasteiger partial charge in [-0.2, -0.15) is 13.2 Å². The Hall–Kier alpha value is -3.76. The number of hydrogen-bond acceptors (Lipinski definition) is 13. The van der Waals surface area contributed by atoms with Gasteiger partial charge in [0.2, 0.25) is 17.3 Å². The van der Waals surface area contributed by atoms with Gasteiger partial charge < -0.3 is 37.9 Å². The third-order valence-corrected chi connectivity index (χ3v) is 5.04. The van der Waals surface area contributed by atoms with Crippen molar-refractivity contribution in [1.82, 2.24) is 0 Å². The molecule has 3 heterocycles. The molecule has 0 spiro atoms. The van der Waals surface area contributed by atoms with Crippen LogP contribution in [-0.2, 0) is 61.9 Å². The van der Waals surface area contributed by atoms with Gasteiger partial charge in [0.05, 0.1) is 6.61 Å². The number of ketones is 3. The fraction of sp³-hybridized carbons (Fsp3) is 0.560. The van der Waals surface area contributed by atoms with E-state index in [1.165, 1.54) is 13.8 Å². The fourth-order valence-corrected chi connectivity index (χ4v) is 3.04. The molecule has 3 rings (SSSR count). The molecule has 0 aromatic rings. The fourth-order valence-electron chi connectivity index (χ4n) is 3.04. The number of hydrogen-bond donors (Lipinski definition) is 0. The van der Waals surface area contributed by atoms with Crippen LogP contribution >= 0.6 is 0 Å². The molecule has 0 aliphatic carbocycles. The molecule has 0 unspecified atom stereocenters. The van der Waals surface area contributed by atoms with Crippen LogP contribution in [0.2, 0.25) is 0 Å². The average Bonchev–Trinajstić information content (AvgIpc) is 3.61. The molecule has 3 aliphatic rings. The van der Waals surface area contributed by atoms with E-state index in [9.17, 15) is 37.1 Å². The Bertz CT molecular complexity index is 1170. The zero-order valence-electron chi connectivity index (χ0n) is 23.1. The molecule has 0 bridgehead atoms. The van der Waals surface area contributed by atoms with Crippen molar-refractivity contribution in [3.05, 3.63) is 34.7 Å². The highest BCUT2D eigenvalue weighted by molar-refractivity contribution is 6.43. The summed E-state index contributed by atoms with van der Waals surface area (Å²) in [5, 5.41) is 0. The molecule has 228 valence electrons. The molecule has 41 heavy (non-hydrogen) atoms. The second-order valence-electron chi connectivity index (χ2n) is 9.23. The molecule has 3 aliphatic heterocycles. The summed E-state index contributed by atoms with van der Waals surface area (Å²) in [6.45, 7) is 8.80. The molecular formula is C25H29F3O13. The minimum Gasteiger partial charge on any atom is -0.469 e. The van der Waals surface area contributed by atoms with Gasteiger partial charge in [0.15, 0.2) is 12.6 Å². The van der Waals surface area contributed by atoms with Gasteiger partial charge in [-0.15, -0.1) is 0 Å². The Morgan fingerprint density at radius 2 is 1.44 bits per heavy atom. The highest BCUT2D eigenvalue weighted by atomic mass is 19.4. The first-order valence-corrected chi connectivity index (χ1v) is 12.0. The first-order valence-electron chi connectivity index (χ1n) is 12.0. The van der Waals surface area contributed by atoms with Crippen LogP contribution in [0.1, 0.15) is 41.5 Å². The topological polar surface area (TPSA) is 159 Å². The van der Waals surface area contributed by atoms with E-state index in [2.05, 4.69) is 14.2 Å². The summed E-state index contributed by atoms with van der Waals surface area (Å²) < 4.78 is 75.1. The summed E-state index contributed by atoms with van der Waals surface area (Å²) in [5.74, 6) is -9.81. The molecule has 0 aromatic carbocycles. The van der Waals surface area contributed by atoms with E-state index in [-0.39, 0.29) is 56.1 Å². The van der Waals surface area contributed by atoms with Crippen LogP contribution in [0, 0.1) is 0 Å². The number of ether oxygens (including phenoxy) is 8. The predicted octanol–water partition coefficient (Wildman–Crippen LogP) is 2.29. The van der Waals surface area contributed by atoms with Crippen molar-refractivity contribution in [2.45, 2.75) is 59.3 Å². The van der Waals surface area contributed by atoms with Crippen LogP contribution < -0.4 is 0 Å². The van der Waals surface area contributed by atoms with Gasteiger partial charge in [-0.25, -0.2) is 9.59 Å². The zero-order chi connectivity index (χ0) is 31.2. The lowest BCUT2D eigenvalue weighted by atomic mass is 10.1. The number of carbonyl (C=O) groups excluding carboxylic acids is 5. The van der Waals surface area contributed by atoms with Crippen LogP contribution in [0.25, 0.3) is 0 Å². The first-order chi connectivity index (χ1) is 18.9. The summed E-state index contributed by atoms with van der Waals surface area (Å²) in [6.07, 6.45) is -4.44. The monoisotopic (exact) mass is 594 g/mol. The molecule has 0 saturated carbocycles. The highest BCUT2D eigenvalue weighted by Crippen LogP contribution is 2.30. The van der Waals surface area contributed by atoms with Crippen molar-refractivity contribution >= 4 is 29.3 Å². The number of halogens is 3. The quantitative estimate of drug-likeness (QED) is 0.183. The van der Waals surface area contributed by atoms with E-state index in [1.54, 1.807) is 27.7 Å². The maximum Gasteiger partial charge on any atom is 0.454 e. The van der Waals surface area contributed by atoms with Crippen LogP contribution in [0.3, 0.4) is 0 Å². The minimum absolute atomic E-state index is 0.00129. The number of alkyl halides is 3. The lowest BCUT2D eigenvalue weighted by molar-refractivity contribution is -0.165. The summed E-state index contributed by atoms with van der Waals surface area (Å²) >= 11 is 0. The highest BCUT2D eigenvalue weighted by Gasteiger charge is 2.40. The number of Topliss-reactive ketones (excluding diaryl/α,β-unsaturated/α-hetero) is 2. The smallest absolute Gasteiger partial charge is 0.454 e. The summed E-state index contributed by atoms with van der Waals surface area (Å²) in [5.41, 5.74) is -0.0440. The normalized spacial score (nSPS) is 22.3. The van der Waals surface area contributed by atoms with E-state index in [0.717, 1.165) is 0 Å². The minimum atomic E-state index is -4.83. The van der Waals surface area contributed by atoms with Crippen LogP contribution in [-0.4, -0.2) is 80.3 Å². The SMILES string of the molecule is CCOC(=O)C(=O)C(OC(=O)C(=O)C(C)=C1COC(C)(C)O1)=C1COC(C)(C)O1.O=C(C=C1COCO1)C(F)(F)F. The van der Waals surface area contributed by atoms with Crippen molar-refractivity contribution in [2.24, 2.45) is 0 Å². The lowest BCUT2D eigenvalue weighted by Gasteiger charge is -2.16. The van der Waals surface area contributed by atoms with Gasteiger partial charge in [0.1, 0.15) is 31.3 Å². The van der Waals surface area contributed by atoms with Crippen molar-refractivity contribution in [3.8, 4) is 0 Å². The standard InChI is InChI=1S/C19H24O10.C6H5F3O3/c1-7-24-16(22)14(21)15(12-9-26-19(5,6)29-12)27-17(23)13(20)10(2)11-8-25-18(3,4)28-11;7-6(8,9)5(10)1-4-2-11-3-12-4/h7-9H2,1-6H3;1H,2-3H2. The molecule has 3 saturated heterocycles. The van der Waals surface area contributed by atoms with Crippen molar-refractivity contribution in [2.75, 3.05) is 33.2 Å². The number of allylic oxidation sites excluding steroid dienone is 1. The Morgan fingerprint density at radius 1 is 0.878 bits per heavy atom. The maximum atomic E-state index is 12.4. The molecule has 16 heteroatoms. The molecule has 13 nitrogen and oxygen atoms in total. The molecule has 0 amide bonds. The Kier molecular flexibility index (Phi) is 10.8. The molecule has 0 radical (unpaired) electrons. The maximum absolute atomic E-state index is 12.4. The van der Waals surface area contributed by atoms with E-state index in [0.29, 0.717) is 6.08 Å². The lowest BCUT2D eigenvalue weighted by Crippen LogP contribution is -2.28. The molecule has 3 fully saturated rings. The Labute approximate surface area is 232 Å². The Balaban J connectivity index is 0.000000408. The van der Waals surface area contributed by atoms with Crippen molar-refractivity contribution < 1.29 is 75.0 Å². The number of carbonyl (C=O) groups is 5. The zero-order valence-corrected chi connectivity index (χ0v) is 23.1. The van der Waals surface area contributed by atoms with E-state index < -0.39 is 52.8 Å². The van der Waals surface area contributed by atoms with Crippen LogP contribution in [0.15, 0.2) is 34.7 Å². The second-order valence-corrected chi connectivity index (χ2v) is 9.23. The van der Waals surface area contributed by atoms with Gasteiger partial charge >= 0.3 is 23.9 Å². The van der Waals surface area contributed by atoms with Gasteiger partial charge in [0.25, 0.3) is 11.6 Å². The first kappa shape index (κ1) is 33.4. The van der Waals surface area contributed by atoms with Gasteiger partial charge in [-0.3, -0.25) is 14.4 Å².